The summed E-state index contributed by atoms with van der Waals surface area (Å²) in [4.78, 5) is 21.2. The van der Waals surface area contributed by atoms with E-state index >= 15 is 0 Å². The first-order valence-electron chi connectivity index (χ1n) is 10.3. The predicted octanol–water partition coefficient (Wildman–Crippen LogP) is 6.35. The number of halogens is 3. The Labute approximate surface area is 199 Å². The summed E-state index contributed by atoms with van der Waals surface area (Å²) >= 11 is 1.42. The topological polar surface area (TPSA) is 64.1 Å². The molecule has 0 saturated carbocycles. The first-order chi connectivity index (χ1) is 16.1. The molecule has 0 spiro atoms. The molecular formula is C25H22F3N3O2S. The standard InChI is InChI=1S/C25H22F3N3O2S/c1-5-15(2)34-24(21-12-13-29-17(4)30-21)16(3)33-22-11-10-20(18-8-6-7-9-19(18)22)31-23(32)14-25(26,27)28/h1,6-13,15H,14H2,2-4H3,(H,31,32)/b24-16+. The summed E-state index contributed by atoms with van der Waals surface area (Å²) < 4.78 is 43.9. The van der Waals surface area contributed by atoms with Gasteiger partial charge in [0.05, 0.1) is 15.8 Å². The van der Waals surface area contributed by atoms with E-state index < -0.39 is 18.5 Å². The van der Waals surface area contributed by atoms with Crippen molar-refractivity contribution in [3.05, 3.63) is 65.9 Å². The van der Waals surface area contributed by atoms with E-state index in [1.807, 2.05) is 6.92 Å². The largest absolute Gasteiger partial charge is 0.460 e. The van der Waals surface area contributed by atoms with Gasteiger partial charge in [-0.15, -0.1) is 18.2 Å². The second kappa shape index (κ2) is 10.6. The number of rotatable bonds is 7. The third-order valence-electron chi connectivity index (χ3n) is 4.64. The Hall–Kier alpha value is -3.51. The molecule has 1 atom stereocenters. The van der Waals surface area contributed by atoms with Gasteiger partial charge in [0.1, 0.15) is 23.8 Å². The van der Waals surface area contributed by atoms with E-state index in [-0.39, 0.29) is 10.9 Å². The van der Waals surface area contributed by atoms with E-state index in [1.165, 1.54) is 17.8 Å². The molecular weight excluding hydrogens is 463 g/mol. The number of aryl methyl sites for hydroxylation is 1. The Morgan fingerprint density at radius 3 is 2.56 bits per heavy atom. The van der Waals surface area contributed by atoms with Crippen molar-refractivity contribution < 1.29 is 22.7 Å². The SMILES string of the molecule is C#CC(C)S/C(=C(\C)Oc1ccc(NC(=O)CC(F)(F)F)c2ccccc12)c1ccnc(C)n1. The highest BCUT2D eigenvalue weighted by Crippen LogP contribution is 2.37. The maximum atomic E-state index is 12.6. The molecule has 1 amide bonds. The minimum absolute atomic E-state index is 0.146. The minimum atomic E-state index is -4.59. The van der Waals surface area contributed by atoms with Gasteiger partial charge >= 0.3 is 6.18 Å². The molecule has 2 aromatic carbocycles. The zero-order valence-corrected chi connectivity index (χ0v) is 19.6. The van der Waals surface area contributed by atoms with E-state index in [4.69, 9.17) is 11.2 Å². The number of hydrogen-bond donors (Lipinski definition) is 1. The number of allylic oxidation sites excluding steroid dienone is 1. The van der Waals surface area contributed by atoms with Crippen LogP contribution < -0.4 is 10.1 Å². The summed E-state index contributed by atoms with van der Waals surface area (Å²) in [6, 6.07) is 11.9. The monoisotopic (exact) mass is 485 g/mol. The third kappa shape index (κ3) is 6.51. The number of anilines is 1. The molecule has 1 N–H and O–H groups in total. The highest BCUT2D eigenvalue weighted by Gasteiger charge is 2.31. The zero-order chi connectivity index (χ0) is 24.9. The molecule has 0 saturated heterocycles. The van der Waals surface area contributed by atoms with E-state index in [1.54, 1.807) is 56.4 Å². The molecule has 5 nitrogen and oxygen atoms in total. The summed E-state index contributed by atoms with van der Waals surface area (Å²) in [7, 11) is 0. The van der Waals surface area contributed by atoms with Gasteiger partial charge in [-0.1, -0.05) is 30.2 Å². The fourth-order valence-electron chi connectivity index (χ4n) is 3.17. The number of fused-ring (bicyclic) bond motifs is 1. The van der Waals surface area contributed by atoms with Crippen LogP contribution in [0.3, 0.4) is 0 Å². The molecule has 3 aromatic rings. The van der Waals surface area contributed by atoms with Crippen molar-refractivity contribution in [3.8, 4) is 18.1 Å². The van der Waals surface area contributed by atoms with E-state index in [2.05, 4.69) is 21.2 Å². The van der Waals surface area contributed by atoms with Crippen LogP contribution >= 0.6 is 11.8 Å². The van der Waals surface area contributed by atoms with Crippen LogP contribution in [0.4, 0.5) is 18.9 Å². The van der Waals surface area contributed by atoms with Crippen molar-refractivity contribution >= 4 is 39.0 Å². The third-order valence-corrected chi connectivity index (χ3v) is 5.86. The first-order valence-corrected chi connectivity index (χ1v) is 11.1. The molecule has 1 unspecified atom stereocenters. The van der Waals surface area contributed by atoms with Crippen molar-refractivity contribution in [2.24, 2.45) is 0 Å². The second-order valence-electron chi connectivity index (χ2n) is 7.40. The summed E-state index contributed by atoms with van der Waals surface area (Å²) in [6.45, 7) is 5.46. The van der Waals surface area contributed by atoms with Crippen LogP contribution in [0.5, 0.6) is 5.75 Å². The number of nitrogens with one attached hydrogen (secondary N) is 1. The predicted molar refractivity (Wildman–Crippen MR) is 129 cm³/mol. The number of benzene rings is 2. The van der Waals surface area contributed by atoms with Gasteiger partial charge in [-0.2, -0.15) is 13.2 Å². The molecule has 9 heteroatoms. The number of thioether (sulfide) groups is 1. The van der Waals surface area contributed by atoms with Gasteiger partial charge in [-0.3, -0.25) is 4.79 Å². The molecule has 0 fully saturated rings. The van der Waals surface area contributed by atoms with Crippen molar-refractivity contribution in [3.63, 3.8) is 0 Å². The molecule has 1 aromatic heterocycles. The maximum Gasteiger partial charge on any atom is 0.397 e. The summed E-state index contributed by atoms with van der Waals surface area (Å²) in [5, 5.41) is 3.37. The van der Waals surface area contributed by atoms with Crippen molar-refractivity contribution in [1.29, 1.82) is 0 Å². The molecule has 3 rings (SSSR count). The number of carbonyl (C=O) groups excluding carboxylic acids is 1. The van der Waals surface area contributed by atoms with Crippen LogP contribution in [0.25, 0.3) is 15.7 Å². The summed E-state index contributed by atoms with van der Waals surface area (Å²) in [5.41, 5.74) is 0.929. The highest BCUT2D eigenvalue weighted by atomic mass is 32.2. The fraction of sp³-hybridized carbons (Fsp3) is 0.240. The Morgan fingerprint density at radius 1 is 1.21 bits per heavy atom. The maximum absolute atomic E-state index is 12.6. The van der Waals surface area contributed by atoms with Gasteiger partial charge in [0.2, 0.25) is 5.91 Å². The van der Waals surface area contributed by atoms with Gasteiger partial charge in [0, 0.05) is 22.7 Å². The number of amides is 1. The smallest absolute Gasteiger partial charge is 0.397 e. The van der Waals surface area contributed by atoms with Gasteiger partial charge in [0.25, 0.3) is 0 Å². The quantitative estimate of drug-likeness (QED) is 0.312. The fourth-order valence-corrected chi connectivity index (χ4v) is 4.04. The van der Waals surface area contributed by atoms with E-state index in [0.29, 0.717) is 33.8 Å². The van der Waals surface area contributed by atoms with Crippen LogP contribution in [-0.2, 0) is 4.79 Å². The lowest BCUT2D eigenvalue weighted by molar-refractivity contribution is -0.150. The average molecular weight is 486 g/mol. The second-order valence-corrected chi connectivity index (χ2v) is 8.75. The molecule has 34 heavy (non-hydrogen) atoms. The Bertz CT molecular complexity index is 1280. The van der Waals surface area contributed by atoms with Gasteiger partial charge in [0.15, 0.2) is 0 Å². The Morgan fingerprint density at radius 2 is 1.91 bits per heavy atom. The van der Waals surface area contributed by atoms with E-state index in [0.717, 1.165) is 4.91 Å². The number of hydrogen-bond acceptors (Lipinski definition) is 5. The lowest BCUT2D eigenvalue weighted by atomic mass is 10.1. The van der Waals surface area contributed by atoms with Crippen LogP contribution in [0.1, 0.15) is 31.8 Å². The van der Waals surface area contributed by atoms with Crippen molar-refractivity contribution in [1.82, 2.24) is 9.97 Å². The molecule has 0 aliphatic carbocycles. The average Bonchev–Trinajstić information content (AvgIpc) is 2.77. The van der Waals surface area contributed by atoms with Gasteiger partial charge in [-0.25, -0.2) is 9.97 Å². The Kier molecular flexibility index (Phi) is 7.84. The van der Waals surface area contributed by atoms with Gasteiger partial charge < -0.3 is 10.1 Å². The first kappa shape index (κ1) is 25.1. The van der Waals surface area contributed by atoms with E-state index in [9.17, 15) is 18.0 Å². The normalized spacial score (nSPS) is 13.1. The summed E-state index contributed by atoms with van der Waals surface area (Å²) in [6.07, 6.45) is 1.08. The molecule has 0 bridgehead atoms. The van der Waals surface area contributed by atoms with Crippen molar-refractivity contribution in [2.45, 2.75) is 38.6 Å². The lowest BCUT2D eigenvalue weighted by Gasteiger charge is -2.17. The minimum Gasteiger partial charge on any atom is -0.460 e. The van der Waals surface area contributed by atoms with Crippen LogP contribution in [0, 0.1) is 19.3 Å². The number of nitrogens with zero attached hydrogens (tertiary/aromatic N) is 2. The molecule has 0 radical (unpaired) electrons. The van der Waals surface area contributed by atoms with Crippen molar-refractivity contribution in [2.75, 3.05) is 5.32 Å². The summed E-state index contributed by atoms with van der Waals surface area (Å²) in [5.74, 6) is 3.16. The number of ether oxygens (including phenoxy) is 1. The van der Waals surface area contributed by atoms with Crippen LogP contribution in [0.2, 0.25) is 0 Å². The van der Waals surface area contributed by atoms with Gasteiger partial charge in [-0.05, 0) is 39.0 Å². The van der Waals surface area contributed by atoms with Crippen LogP contribution in [-0.4, -0.2) is 27.3 Å². The lowest BCUT2D eigenvalue weighted by Crippen LogP contribution is -2.21. The zero-order valence-electron chi connectivity index (χ0n) is 18.7. The highest BCUT2D eigenvalue weighted by molar-refractivity contribution is 8.09. The number of aromatic nitrogens is 2. The number of carbonyl (C=O) groups is 1. The molecule has 0 aliphatic heterocycles. The molecule has 176 valence electrons. The molecule has 1 heterocycles. The number of alkyl halides is 3. The Balaban J connectivity index is 2.00. The number of terminal acetylenes is 1. The van der Waals surface area contributed by atoms with Crippen LogP contribution in [0.15, 0.2) is 54.4 Å². The molecule has 0 aliphatic rings.